The van der Waals surface area contributed by atoms with E-state index in [1.807, 2.05) is 0 Å². The Hall–Kier alpha value is -1.05. The van der Waals surface area contributed by atoms with Gasteiger partial charge in [0.1, 0.15) is 6.10 Å². The lowest BCUT2D eigenvalue weighted by Gasteiger charge is -2.17. The summed E-state index contributed by atoms with van der Waals surface area (Å²) in [6.07, 6.45) is 18.0. The lowest BCUT2D eigenvalue weighted by atomic mass is 9.88. The predicted molar refractivity (Wildman–Crippen MR) is 82.4 cm³/mol. The molecule has 0 bridgehead atoms. The Labute approximate surface area is 123 Å². The first kappa shape index (κ1) is 15.3. The van der Waals surface area contributed by atoms with Crippen molar-refractivity contribution in [2.45, 2.75) is 76.7 Å². The molecule has 1 heterocycles. The van der Waals surface area contributed by atoms with Gasteiger partial charge < -0.3 is 4.74 Å². The molecule has 0 radical (unpaired) electrons. The average Bonchev–Trinajstić information content (AvgIpc) is 2.70. The van der Waals surface area contributed by atoms with E-state index in [2.05, 4.69) is 18.7 Å². The Morgan fingerprint density at radius 2 is 1.50 bits per heavy atom. The van der Waals surface area contributed by atoms with Crippen LogP contribution in [-0.2, 0) is 9.53 Å². The van der Waals surface area contributed by atoms with Crippen molar-refractivity contribution in [2.24, 2.45) is 5.92 Å². The molecule has 1 fully saturated rings. The zero-order chi connectivity index (χ0) is 14.2. The van der Waals surface area contributed by atoms with Gasteiger partial charge in [0.25, 0.3) is 0 Å². The Kier molecular flexibility index (Phi) is 6.35. The molecule has 1 aliphatic carbocycles. The van der Waals surface area contributed by atoms with Crippen molar-refractivity contribution < 1.29 is 9.53 Å². The van der Waals surface area contributed by atoms with Crippen molar-refractivity contribution in [3.63, 3.8) is 0 Å². The molecule has 20 heavy (non-hydrogen) atoms. The van der Waals surface area contributed by atoms with Crippen LogP contribution in [0, 0.1) is 5.92 Å². The molecule has 112 valence electrons. The molecule has 1 aliphatic heterocycles. The van der Waals surface area contributed by atoms with Gasteiger partial charge in [-0.05, 0) is 44.9 Å². The molecule has 0 amide bonds. The minimum atomic E-state index is -0.152. The maximum Gasteiger partial charge on any atom is 0.334 e. The number of hydrogen-bond donors (Lipinski definition) is 0. The van der Waals surface area contributed by atoms with Crippen LogP contribution in [0.3, 0.4) is 0 Å². The van der Waals surface area contributed by atoms with Crippen LogP contribution < -0.4 is 0 Å². The molecule has 2 atom stereocenters. The Morgan fingerprint density at radius 1 is 0.900 bits per heavy atom. The minimum Gasteiger partial charge on any atom is -0.458 e. The highest BCUT2D eigenvalue weighted by Crippen LogP contribution is 2.34. The number of hydrogen-bond acceptors (Lipinski definition) is 2. The van der Waals surface area contributed by atoms with E-state index in [0.717, 1.165) is 18.4 Å². The first-order valence-corrected chi connectivity index (χ1v) is 8.34. The Morgan fingerprint density at radius 3 is 2.30 bits per heavy atom. The number of fused-ring (bicyclic) bond motifs is 1. The molecular weight excluding hydrogens is 248 g/mol. The van der Waals surface area contributed by atoms with Gasteiger partial charge in [-0.25, -0.2) is 4.79 Å². The van der Waals surface area contributed by atoms with E-state index < -0.39 is 0 Å². The summed E-state index contributed by atoms with van der Waals surface area (Å²) in [7, 11) is 0. The molecule has 0 aromatic rings. The second-order valence-corrected chi connectivity index (χ2v) is 6.18. The van der Waals surface area contributed by atoms with Gasteiger partial charge in [0, 0.05) is 11.5 Å². The predicted octanol–water partition coefficient (Wildman–Crippen LogP) is 4.95. The van der Waals surface area contributed by atoms with E-state index in [9.17, 15) is 4.79 Å². The van der Waals surface area contributed by atoms with Crippen molar-refractivity contribution in [3.8, 4) is 0 Å². The van der Waals surface area contributed by atoms with Crippen LogP contribution in [0.4, 0.5) is 0 Å². The van der Waals surface area contributed by atoms with Gasteiger partial charge in [-0.1, -0.05) is 44.4 Å². The van der Waals surface area contributed by atoms with Gasteiger partial charge in [0.2, 0.25) is 0 Å². The fraction of sp³-hybridized carbons (Fsp3) is 0.722. The van der Waals surface area contributed by atoms with E-state index >= 15 is 0 Å². The molecule has 2 rings (SSSR count). The first-order valence-electron chi connectivity index (χ1n) is 8.34. The van der Waals surface area contributed by atoms with Crippen molar-refractivity contribution in [1.82, 2.24) is 0 Å². The van der Waals surface area contributed by atoms with Crippen molar-refractivity contribution >= 4 is 5.97 Å². The van der Waals surface area contributed by atoms with Crippen LogP contribution in [0.25, 0.3) is 0 Å². The molecule has 2 aliphatic rings. The standard InChI is InChI=1S/C18H28O2/c1-15-16-13-11-9-7-5-3-2-4-6-8-10-12-14-17(16)20-18(15)19/h3,5,16-17H,1-2,4,6-14H2/b5-3+/t16-,17-/m0/s1. The van der Waals surface area contributed by atoms with Crippen LogP contribution >= 0.6 is 0 Å². The number of ether oxygens (including phenoxy) is 1. The lowest BCUT2D eigenvalue weighted by Crippen LogP contribution is -2.16. The zero-order valence-electron chi connectivity index (χ0n) is 12.6. The summed E-state index contributed by atoms with van der Waals surface area (Å²) in [5, 5.41) is 0. The highest BCUT2D eigenvalue weighted by molar-refractivity contribution is 5.90. The SMILES string of the molecule is C=C1C(=O)O[C@H]2CCCCCCC/C=C/CCCC[C@@H]12. The molecule has 1 saturated heterocycles. The molecule has 0 aromatic heterocycles. The molecule has 0 spiro atoms. The second kappa shape index (κ2) is 8.28. The summed E-state index contributed by atoms with van der Waals surface area (Å²) < 4.78 is 5.51. The van der Waals surface area contributed by atoms with Crippen molar-refractivity contribution in [3.05, 3.63) is 24.3 Å². The van der Waals surface area contributed by atoms with Gasteiger partial charge >= 0.3 is 5.97 Å². The smallest absolute Gasteiger partial charge is 0.334 e. The molecule has 2 heteroatoms. The second-order valence-electron chi connectivity index (χ2n) is 6.18. The number of esters is 1. The third kappa shape index (κ3) is 4.50. The van der Waals surface area contributed by atoms with Crippen molar-refractivity contribution in [2.75, 3.05) is 0 Å². The molecule has 0 aromatic carbocycles. The van der Waals surface area contributed by atoms with E-state index in [1.165, 1.54) is 57.8 Å². The van der Waals surface area contributed by atoms with Crippen LogP contribution in [0.1, 0.15) is 70.6 Å². The molecule has 0 unspecified atom stereocenters. The fourth-order valence-electron chi connectivity index (χ4n) is 3.29. The fourth-order valence-corrected chi connectivity index (χ4v) is 3.29. The van der Waals surface area contributed by atoms with Crippen LogP contribution in [0.2, 0.25) is 0 Å². The minimum absolute atomic E-state index is 0.107. The Bertz CT molecular complexity index is 356. The number of allylic oxidation sites excluding steroid dienone is 2. The van der Waals surface area contributed by atoms with Crippen LogP contribution in [0.5, 0.6) is 0 Å². The summed E-state index contributed by atoms with van der Waals surface area (Å²) in [6, 6.07) is 0. The van der Waals surface area contributed by atoms with E-state index in [4.69, 9.17) is 4.74 Å². The van der Waals surface area contributed by atoms with Gasteiger partial charge in [0.15, 0.2) is 0 Å². The highest BCUT2D eigenvalue weighted by Gasteiger charge is 2.37. The number of carbonyl (C=O) groups is 1. The molecule has 0 N–H and O–H groups in total. The van der Waals surface area contributed by atoms with Gasteiger partial charge in [-0.2, -0.15) is 0 Å². The topological polar surface area (TPSA) is 26.3 Å². The van der Waals surface area contributed by atoms with E-state index in [0.29, 0.717) is 0 Å². The maximum absolute atomic E-state index is 11.7. The quantitative estimate of drug-likeness (QED) is 0.355. The number of rotatable bonds is 0. The summed E-state index contributed by atoms with van der Waals surface area (Å²) >= 11 is 0. The Balaban J connectivity index is 1.88. The monoisotopic (exact) mass is 276 g/mol. The average molecular weight is 276 g/mol. The lowest BCUT2D eigenvalue weighted by molar-refractivity contribution is -0.139. The van der Waals surface area contributed by atoms with Crippen molar-refractivity contribution in [1.29, 1.82) is 0 Å². The molecular formula is C18H28O2. The van der Waals surface area contributed by atoms with Crippen LogP contribution in [0.15, 0.2) is 24.3 Å². The zero-order valence-corrected chi connectivity index (χ0v) is 12.6. The molecule has 0 saturated carbocycles. The van der Waals surface area contributed by atoms with E-state index in [1.54, 1.807) is 0 Å². The summed E-state index contributed by atoms with van der Waals surface area (Å²) in [6.45, 7) is 3.95. The summed E-state index contributed by atoms with van der Waals surface area (Å²) in [4.78, 5) is 11.7. The van der Waals surface area contributed by atoms with Gasteiger partial charge in [-0.15, -0.1) is 0 Å². The van der Waals surface area contributed by atoms with Gasteiger partial charge in [0.05, 0.1) is 0 Å². The largest absolute Gasteiger partial charge is 0.458 e. The summed E-state index contributed by atoms with van der Waals surface area (Å²) in [5.74, 6) is 0.123. The first-order chi connectivity index (χ1) is 9.79. The van der Waals surface area contributed by atoms with Gasteiger partial charge in [-0.3, -0.25) is 0 Å². The van der Waals surface area contributed by atoms with E-state index in [-0.39, 0.29) is 18.0 Å². The van der Waals surface area contributed by atoms with Crippen LogP contribution in [-0.4, -0.2) is 12.1 Å². The maximum atomic E-state index is 11.7. The third-order valence-corrected chi connectivity index (χ3v) is 4.58. The third-order valence-electron chi connectivity index (χ3n) is 4.58. The highest BCUT2D eigenvalue weighted by atomic mass is 16.6. The normalized spacial score (nSPS) is 31.8. The molecule has 2 nitrogen and oxygen atoms in total. The number of carbonyl (C=O) groups excluding carboxylic acids is 1. The summed E-state index contributed by atoms with van der Waals surface area (Å²) in [5.41, 5.74) is 0.717.